The second-order valence-electron chi connectivity index (χ2n) is 3.78. The minimum absolute atomic E-state index is 0.0833. The van der Waals surface area contributed by atoms with Crippen LogP contribution in [0.15, 0.2) is 11.6 Å². The van der Waals surface area contributed by atoms with Crippen LogP contribution in [-0.4, -0.2) is 20.5 Å². The number of rotatable bonds is 3. The van der Waals surface area contributed by atoms with Crippen molar-refractivity contribution in [1.82, 2.24) is 14.8 Å². The fraction of sp³-hybridized carbons (Fsp3) is 0.364. The van der Waals surface area contributed by atoms with Crippen LogP contribution < -0.4 is 0 Å². The molecule has 0 atom stereocenters. The van der Waals surface area contributed by atoms with Crippen molar-refractivity contribution in [3.8, 4) is 0 Å². The van der Waals surface area contributed by atoms with Gasteiger partial charge in [0.1, 0.15) is 5.01 Å². The summed E-state index contributed by atoms with van der Waals surface area (Å²) in [6, 6.07) is 0. The van der Waals surface area contributed by atoms with Crippen LogP contribution in [-0.2, 0) is 13.5 Å². The standard InChI is InChI=1S/C11H13N3OS/c1-7-6-16-11(12-7)4-10(15)9-5-14(3)13-8(9)2/h5-6H,4H2,1-3H3. The first-order chi connectivity index (χ1) is 7.56. The summed E-state index contributed by atoms with van der Waals surface area (Å²) in [5.74, 6) is 0.0833. The van der Waals surface area contributed by atoms with Crippen molar-refractivity contribution in [2.45, 2.75) is 20.3 Å². The molecule has 0 spiro atoms. The summed E-state index contributed by atoms with van der Waals surface area (Å²) in [7, 11) is 1.82. The summed E-state index contributed by atoms with van der Waals surface area (Å²) in [5.41, 5.74) is 2.44. The van der Waals surface area contributed by atoms with Crippen molar-refractivity contribution in [2.24, 2.45) is 7.05 Å². The van der Waals surface area contributed by atoms with Gasteiger partial charge in [-0.15, -0.1) is 11.3 Å². The first kappa shape index (κ1) is 11.0. The Morgan fingerprint density at radius 1 is 1.50 bits per heavy atom. The number of nitrogens with zero attached hydrogens (tertiary/aromatic N) is 3. The molecule has 0 aliphatic heterocycles. The summed E-state index contributed by atoms with van der Waals surface area (Å²) in [6.07, 6.45) is 2.13. The molecule has 84 valence electrons. The Balaban J connectivity index is 2.17. The molecule has 0 bridgehead atoms. The molecule has 0 fully saturated rings. The van der Waals surface area contributed by atoms with Crippen LogP contribution in [0.5, 0.6) is 0 Å². The van der Waals surface area contributed by atoms with E-state index in [4.69, 9.17) is 0 Å². The third-order valence-corrected chi connectivity index (χ3v) is 3.26. The van der Waals surface area contributed by atoms with Gasteiger partial charge in [0, 0.05) is 24.3 Å². The zero-order valence-electron chi connectivity index (χ0n) is 9.52. The van der Waals surface area contributed by atoms with E-state index in [1.165, 1.54) is 11.3 Å². The van der Waals surface area contributed by atoms with E-state index in [1.807, 2.05) is 26.3 Å². The average Bonchev–Trinajstić information content (AvgIpc) is 2.73. The molecule has 2 heterocycles. The first-order valence-corrected chi connectivity index (χ1v) is 5.88. The summed E-state index contributed by atoms with van der Waals surface area (Å²) in [4.78, 5) is 16.3. The second kappa shape index (κ2) is 4.17. The van der Waals surface area contributed by atoms with E-state index in [1.54, 1.807) is 10.9 Å². The van der Waals surface area contributed by atoms with Crippen molar-refractivity contribution in [1.29, 1.82) is 0 Å². The van der Waals surface area contributed by atoms with Gasteiger partial charge in [-0.3, -0.25) is 9.48 Å². The van der Waals surface area contributed by atoms with E-state index in [-0.39, 0.29) is 5.78 Å². The number of ketones is 1. The van der Waals surface area contributed by atoms with Crippen molar-refractivity contribution < 1.29 is 4.79 Å². The molecule has 0 saturated heterocycles. The number of hydrogen-bond acceptors (Lipinski definition) is 4. The molecule has 0 N–H and O–H groups in total. The van der Waals surface area contributed by atoms with Gasteiger partial charge in [0.05, 0.1) is 17.7 Å². The van der Waals surface area contributed by atoms with E-state index in [2.05, 4.69) is 10.1 Å². The van der Waals surface area contributed by atoms with Gasteiger partial charge in [0.15, 0.2) is 5.78 Å². The Labute approximate surface area is 97.9 Å². The molecule has 0 aliphatic rings. The highest BCUT2D eigenvalue weighted by Gasteiger charge is 2.14. The minimum Gasteiger partial charge on any atom is -0.294 e. The Morgan fingerprint density at radius 2 is 2.25 bits per heavy atom. The summed E-state index contributed by atoms with van der Waals surface area (Å²) in [6.45, 7) is 3.78. The van der Waals surface area contributed by atoms with Crippen LogP contribution in [0.3, 0.4) is 0 Å². The molecule has 2 rings (SSSR count). The van der Waals surface area contributed by atoms with Crippen LogP contribution in [0, 0.1) is 13.8 Å². The second-order valence-corrected chi connectivity index (χ2v) is 4.73. The predicted octanol–water partition coefficient (Wildman–Crippen LogP) is 1.92. The zero-order valence-corrected chi connectivity index (χ0v) is 10.3. The zero-order chi connectivity index (χ0) is 11.7. The summed E-state index contributed by atoms with van der Waals surface area (Å²) < 4.78 is 1.66. The maximum Gasteiger partial charge on any atom is 0.173 e. The van der Waals surface area contributed by atoms with Gasteiger partial charge in [0.25, 0.3) is 0 Å². The minimum atomic E-state index is 0.0833. The molecule has 4 nitrogen and oxygen atoms in total. The van der Waals surface area contributed by atoms with E-state index in [9.17, 15) is 4.79 Å². The molecule has 2 aromatic rings. The normalized spacial score (nSPS) is 10.7. The molecule has 2 aromatic heterocycles. The third kappa shape index (κ3) is 2.19. The summed E-state index contributed by atoms with van der Waals surface area (Å²) >= 11 is 1.53. The van der Waals surface area contributed by atoms with Gasteiger partial charge in [-0.2, -0.15) is 5.10 Å². The lowest BCUT2D eigenvalue weighted by Crippen LogP contribution is -2.03. The Bertz CT molecular complexity index is 527. The van der Waals surface area contributed by atoms with E-state index >= 15 is 0 Å². The van der Waals surface area contributed by atoms with Gasteiger partial charge < -0.3 is 0 Å². The number of aromatic nitrogens is 3. The third-order valence-electron chi connectivity index (χ3n) is 2.29. The number of hydrogen-bond donors (Lipinski definition) is 0. The van der Waals surface area contributed by atoms with E-state index in [0.717, 1.165) is 16.4 Å². The molecule has 0 radical (unpaired) electrons. The number of thiazole rings is 1. The Hall–Kier alpha value is -1.49. The van der Waals surface area contributed by atoms with E-state index in [0.29, 0.717) is 12.0 Å². The Kier molecular flexibility index (Phi) is 2.87. The Morgan fingerprint density at radius 3 is 2.75 bits per heavy atom. The first-order valence-electron chi connectivity index (χ1n) is 5.00. The number of aryl methyl sites for hydroxylation is 3. The molecule has 0 amide bonds. The maximum absolute atomic E-state index is 12.0. The highest BCUT2D eigenvalue weighted by Crippen LogP contribution is 2.14. The molecular weight excluding hydrogens is 222 g/mol. The molecule has 0 unspecified atom stereocenters. The fourth-order valence-electron chi connectivity index (χ4n) is 1.59. The topological polar surface area (TPSA) is 47.8 Å². The molecule has 5 heteroatoms. The largest absolute Gasteiger partial charge is 0.294 e. The molecular formula is C11H13N3OS. The highest BCUT2D eigenvalue weighted by molar-refractivity contribution is 7.09. The average molecular weight is 235 g/mol. The van der Waals surface area contributed by atoms with Crippen LogP contribution in [0.2, 0.25) is 0 Å². The quantitative estimate of drug-likeness (QED) is 0.764. The van der Waals surface area contributed by atoms with Crippen molar-refractivity contribution >= 4 is 17.1 Å². The molecule has 0 aromatic carbocycles. The van der Waals surface area contributed by atoms with E-state index < -0.39 is 0 Å². The lowest BCUT2D eigenvalue weighted by atomic mass is 10.1. The fourth-order valence-corrected chi connectivity index (χ4v) is 2.36. The van der Waals surface area contributed by atoms with Crippen LogP contribution in [0.25, 0.3) is 0 Å². The smallest absolute Gasteiger partial charge is 0.173 e. The van der Waals surface area contributed by atoms with Crippen LogP contribution in [0.1, 0.15) is 26.8 Å². The van der Waals surface area contributed by atoms with Crippen molar-refractivity contribution in [3.63, 3.8) is 0 Å². The predicted molar refractivity (Wildman–Crippen MR) is 62.8 cm³/mol. The number of carbonyl (C=O) groups is 1. The SMILES string of the molecule is Cc1csc(CC(=O)c2cn(C)nc2C)n1. The molecule has 0 aliphatic carbocycles. The van der Waals surface area contributed by atoms with Gasteiger partial charge in [0.2, 0.25) is 0 Å². The van der Waals surface area contributed by atoms with Crippen molar-refractivity contribution in [3.05, 3.63) is 33.5 Å². The lowest BCUT2D eigenvalue weighted by molar-refractivity contribution is 0.0992. The number of Topliss-reactive ketones (excluding diaryl/α,β-unsaturated/α-hetero) is 1. The summed E-state index contributed by atoms with van der Waals surface area (Å²) in [5, 5.41) is 6.98. The van der Waals surface area contributed by atoms with Crippen LogP contribution in [0.4, 0.5) is 0 Å². The van der Waals surface area contributed by atoms with Crippen LogP contribution >= 0.6 is 11.3 Å². The van der Waals surface area contributed by atoms with Gasteiger partial charge in [-0.05, 0) is 13.8 Å². The lowest BCUT2D eigenvalue weighted by Gasteiger charge is -1.95. The van der Waals surface area contributed by atoms with Crippen molar-refractivity contribution in [2.75, 3.05) is 0 Å². The van der Waals surface area contributed by atoms with Gasteiger partial charge in [-0.1, -0.05) is 0 Å². The van der Waals surface area contributed by atoms with Gasteiger partial charge >= 0.3 is 0 Å². The highest BCUT2D eigenvalue weighted by atomic mass is 32.1. The number of carbonyl (C=O) groups excluding carboxylic acids is 1. The van der Waals surface area contributed by atoms with Gasteiger partial charge in [-0.25, -0.2) is 4.98 Å². The monoisotopic (exact) mass is 235 g/mol. The molecule has 16 heavy (non-hydrogen) atoms. The maximum atomic E-state index is 12.0. The molecule has 0 saturated carbocycles.